The van der Waals surface area contributed by atoms with Crippen molar-refractivity contribution in [3.8, 4) is 0 Å². The number of aromatic nitrogens is 2. The first-order valence-electron chi connectivity index (χ1n) is 11.3. The van der Waals surface area contributed by atoms with Crippen LogP contribution in [0.3, 0.4) is 0 Å². The summed E-state index contributed by atoms with van der Waals surface area (Å²) in [7, 11) is 0. The molecule has 2 fully saturated rings. The zero-order valence-corrected chi connectivity index (χ0v) is 19.1. The van der Waals surface area contributed by atoms with Crippen molar-refractivity contribution in [2.45, 2.75) is 64.2 Å². The molecule has 1 saturated heterocycles. The van der Waals surface area contributed by atoms with E-state index in [1.54, 1.807) is 0 Å². The summed E-state index contributed by atoms with van der Waals surface area (Å²) in [5.41, 5.74) is 6.40. The maximum absolute atomic E-state index is 5.86. The summed E-state index contributed by atoms with van der Waals surface area (Å²) >= 11 is 5.86. The Labute approximate surface area is 190 Å². The summed E-state index contributed by atoms with van der Waals surface area (Å²) in [5.74, 6) is 0. The topological polar surface area (TPSA) is 33.1 Å². The minimum absolute atomic E-state index is 0.0370. The van der Waals surface area contributed by atoms with E-state index in [4.69, 9.17) is 17.2 Å². The van der Waals surface area contributed by atoms with Crippen molar-refractivity contribution >= 4 is 17.3 Å². The maximum Gasteiger partial charge on any atom is 0.170 e. The van der Waals surface area contributed by atoms with Crippen LogP contribution >= 0.6 is 12.2 Å². The molecule has 5 rings (SSSR count). The van der Waals surface area contributed by atoms with Crippen LogP contribution in [-0.4, -0.2) is 19.6 Å². The van der Waals surface area contributed by atoms with Gasteiger partial charge in [0.05, 0.1) is 17.8 Å². The van der Waals surface area contributed by atoms with Crippen molar-refractivity contribution < 1.29 is 0 Å². The zero-order valence-electron chi connectivity index (χ0n) is 18.3. The van der Waals surface area contributed by atoms with Gasteiger partial charge in [0.2, 0.25) is 0 Å². The lowest BCUT2D eigenvalue weighted by Gasteiger charge is -2.28. The highest BCUT2D eigenvalue weighted by Crippen LogP contribution is 2.43. The van der Waals surface area contributed by atoms with Gasteiger partial charge in [-0.1, -0.05) is 49.2 Å². The van der Waals surface area contributed by atoms with Gasteiger partial charge in [-0.05, 0) is 68.2 Å². The summed E-state index contributed by atoms with van der Waals surface area (Å²) in [6, 6.07) is 19.9. The van der Waals surface area contributed by atoms with Crippen LogP contribution in [0, 0.1) is 13.8 Å². The molecule has 0 amide bonds. The fraction of sp³-hybridized carbons (Fsp3) is 0.385. The molecule has 2 aromatic heterocycles. The zero-order chi connectivity index (χ0) is 21.4. The Balaban J connectivity index is 1.58. The number of aryl methyl sites for hydroxylation is 1. The molecule has 160 valence electrons. The molecule has 1 saturated carbocycles. The van der Waals surface area contributed by atoms with Crippen LogP contribution in [-0.2, 0) is 6.54 Å². The Kier molecular flexibility index (Phi) is 5.53. The minimum Gasteiger partial charge on any atom is -0.352 e. The molecule has 1 aromatic carbocycles. The monoisotopic (exact) mass is 430 g/mol. The predicted molar refractivity (Wildman–Crippen MR) is 129 cm³/mol. The van der Waals surface area contributed by atoms with Crippen LogP contribution in [0.1, 0.15) is 72.0 Å². The van der Waals surface area contributed by atoms with E-state index in [1.165, 1.54) is 48.2 Å². The SMILES string of the molecule is Cc1cc([C@H]2[C@@H](c3ccccn3)NC(=S)N2Cc2ccccc2)c(C)n1C1CCCC1. The van der Waals surface area contributed by atoms with E-state index < -0.39 is 0 Å². The van der Waals surface area contributed by atoms with Gasteiger partial charge in [0.25, 0.3) is 0 Å². The number of rotatable bonds is 5. The van der Waals surface area contributed by atoms with Crippen LogP contribution in [0.4, 0.5) is 0 Å². The number of hydrogen-bond donors (Lipinski definition) is 1. The van der Waals surface area contributed by atoms with Gasteiger partial charge in [-0.25, -0.2) is 0 Å². The van der Waals surface area contributed by atoms with Gasteiger partial charge < -0.3 is 14.8 Å². The third-order valence-electron chi connectivity index (χ3n) is 6.93. The molecule has 3 aromatic rings. The molecule has 2 aliphatic rings. The summed E-state index contributed by atoms with van der Waals surface area (Å²) in [5, 5.41) is 4.40. The van der Waals surface area contributed by atoms with Crippen molar-refractivity contribution in [2.75, 3.05) is 0 Å². The van der Waals surface area contributed by atoms with Crippen LogP contribution in [0.15, 0.2) is 60.8 Å². The van der Waals surface area contributed by atoms with Gasteiger partial charge in [0.1, 0.15) is 0 Å². The van der Waals surface area contributed by atoms with Crippen molar-refractivity contribution in [3.63, 3.8) is 0 Å². The minimum atomic E-state index is 0.0370. The molecule has 5 heteroatoms. The standard InChI is InChI=1S/C26H30N4S/c1-18-16-22(19(2)30(18)21-12-6-7-13-21)25-24(23-14-8-9-15-27-23)28-26(31)29(25)17-20-10-4-3-5-11-20/h3-5,8-11,14-16,21,24-25H,6-7,12-13,17H2,1-2H3,(H,28,31)/t24-,25+/m1/s1. The van der Waals surface area contributed by atoms with Gasteiger partial charge in [-0.2, -0.15) is 0 Å². The third-order valence-corrected chi connectivity index (χ3v) is 7.28. The second kappa shape index (κ2) is 8.46. The van der Waals surface area contributed by atoms with E-state index in [0.29, 0.717) is 6.04 Å². The van der Waals surface area contributed by atoms with Crippen LogP contribution in [0.25, 0.3) is 0 Å². The van der Waals surface area contributed by atoms with E-state index in [2.05, 4.69) is 77.2 Å². The van der Waals surface area contributed by atoms with Gasteiger partial charge in [-0.15, -0.1) is 0 Å². The third kappa shape index (κ3) is 3.76. The molecule has 3 heterocycles. The lowest BCUT2D eigenvalue weighted by atomic mass is 9.96. The normalized spacial score (nSPS) is 21.6. The molecule has 4 nitrogen and oxygen atoms in total. The second-order valence-electron chi connectivity index (χ2n) is 8.87. The molecule has 0 spiro atoms. The van der Waals surface area contributed by atoms with E-state index >= 15 is 0 Å². The van der Waals surface area contributed by atoms with E-state index in [1.807, 2.05) is 12.3 Å². The maximum atomic E-state index is 5.86. The predicted octanol–water partition coefficient (Wildman–Crippen LogP) is 5.79. The largest absolute Gasteiger partial charge is 0.352 e. The Morgan fingerprint density at radius 2 is 1.77 bits per heavy atom. The fourth-order valence-electron chi connectivity index (χ4n) is 5.52. The van der Waals surface area contributed by atoms with Crippen LogP contribution in [0.5, 0.6) is 0 Å². The molecule has 1 N–H and O–H groups in total. The Hall–Kier alpha value is -2.66. The molecule has 0 bridgehead atoms. The first kappa shape index (κ1) is 20.3. The quantitative estimate of drug-likeness (QED) is 0.520. The molecule has 0 radical (unpaired) electrons. The number of nitrogens with zero attached hydrogens (tertiary/aromatic N) is 3. The Bertz CT molecular complexity index is 1050. The van der Waals surface area contributed by atoms with Crippen LogP contribution < -0.4 is 5.32 Å². The average molecular weight is 431 g/mol. The molecule has 0 unspecified atom stereocenters. The highest BCUT2D eigenvalue weighted by Gasteiger charge is 2.41. The highest BCUT2D eigenvalue weighted by atomic mass is 32.1. The summed E-state index contributed by atoms with van der Waals surface area (Å²) in [4.78, 5) is 7.05. The van der Waals surface area contributed by atoms with E-state index in [0.717, 1.165) is 17.4 Å². The second-order valence-corrected chi connectivity index (χ2v) is 9.26. The summed E-state index contributed by atoms with van der Waals surface area (Å²) in [6.45, 7) is 5.33. The number of benzene rings is 1. The molecule has 2 atom stereocenters. The summed E-state index contributed by atoms with van der Waals surface area (Å²) in [6.07, 6.45) is 7.12. The van der Waals surface area contributed by atoms with Gasteiger partial charge >= 0.3 is 0 Å². The van der Waals surface area contributed by atoms with Gasteiger partial charge in [0.15, 0.2) is 5.11 Å². The first-order chi connectivity index (χ1) is 15.1. The highest BCUT2D eigenvalue weighted by molar-refractivity contribution is 7.80. The fourth-order valence-corrected chi connectivity index (χ4v) is 5.83. The van der Waals surface area contributed by atoms with E-state index in [-0.39, 0.29) is 12.1 Å². The van der Waals surface area contributed by atoms with Crippen molar-refractivity contribution in [2.24, 2.45) is 0 Å². The van der Waals surface area contributed by atoms with Crippen molar-refractivity contribution in [3.05, 3.63) is 89.0 Å². The molecule has 1 aliphatic heterocycles. The Morgan fingerprint density at radius 1 is 1.03 bits per heavy atom. The first-order valence-corrected chi connectivity index (χ1v) is 11.7. The number of nitrogens with one attached hydrogen (secondary N) is 1. The van der Waals surface area contributed by atoms with Crippen LogP contribution in [0.2, 0.25) is 0 Å². The smallest absolute Gasteiger partial charge is 0.170 e. The van der Waals surface area contributed by atoms with Crippen molar-refractivity contribution in [1.82, 2.24) is 19.8 Å². The number of pyridine rings is 1. The number of hydrogen-bond acceptors (Lipinski definition) is 2. The van der Waals surface area contributed by atoms with E-state index in [9.17, 15) is 0 Å². The lowest BCUT2D eigenvalue weighted by molar-refractivity contribution is 0.309. The molecular formula is C26H30N4S. The Morgan fingerprint density at radius 3 is 2.48 bits per heavy atom. The number of thiocarbonyl (C=S) groups is 1. The molecule has 1 aliphatic carbocycles. The average Bonchev–Trinajstić information content (AvgIpc) is 3.49. The lowest BCUT2D eigenvalue weighted by Crippen LogP contribution is -2.29. The van der Waals surface area contributed by atoms with Gasteiger partial charge in [-0.3, -0.25) is 4.98 Å². The molecule has 31 heavy (non-hydrogen) atoms. The summed E-state index contributed by atoms with van der Waals surface area (Å²) < 4.78 is 2.58. The van der Waals surface area contributed by atoms with Crippen molar-refractivity contribution in [1.29, 1.82) is 0 Å². The van der Waals surface area contributed by atoms with Gasteiger partial charge in [0, 0.05) is 30.2 Å². The molecular weight excluding hydrogens is 400 g/mol.